The van der Waals surface area contributed by atoms with Gasteiger partial charge in [-0.05, 0) is 12.1 Å². The molecule has 0 amide bonds. The van der Waals surface area contributed by atoms with Crippen LogP contribution in [0.2, 0.25) is 0 Å². The number of nitrogens with two attached hydrogens (primary N) is 1. The maximum Gasteiger partial charge on any atom is 0.229 e. The van der Waals surface area contributed by atoms with Gasteiger partial charge in [0.05, 0.1) is 11.9 Å². The molecule has 0 aliphatic heterocycles. The third-order valence-electron chi connectivity index (χ3n) is 1.62. The van der Waals surface area contributed by atoms with Crippen LogP contribution in [0.5, 0.6) is 0 Å². The summed E-state index contributed by atoms with van der Waals surface area (Å²) in [7, 11) is -3.40. The van der Waals surface area contributed by atoms with Crippen LogP contribution in [0.15, 0.2) is 18.2 Å². The summed E-state index contributed by atoms with van der Waals surface area (Å²) >= 11 is 0. The predicted molar refractivity (Wildman–Crippen MR) is 52.8 cm³/mol. The summed E-state index contributed by atoms with van der Waals surface area (Å²) in [5, 5.41) is 0. The van der Waals surface area contributed by atoms with Crippen molar-refractivity contribution in [3.8, 4) is 0 Å². The average molecular weight is 218 g/mol. The molecule has 0 aromatic heterocycles. The second kappa shape index (κ2) is 3.93. The lowest BCUT2D eigenvalue weighted by atomic mass is 10.2. The highest BCUT2D eigenvalue weighted by molar-refractivity contribution is 7.92. The van der Waals surface area contributed by atoms with Crippen LogP contribution in [0, 0.1) is 5.82 Å². The smallest absolute Gasteiger partial charge is 0.229 e. The molecular formula is C8H11FN2O2S. The average Bonchev–Trinajstić information content (AvgIpc) is 2.01. The number of sulfonamides is 1. The van der Waals surface area contributed by atoms with Crippen LogP contribution in [0.3, 0.4) is 0 Å². The Bertz CT molecular complexity index is 431. The number of rotatable bonds is 3. The zero-order valence-electron chi connectivity index (χ0n) is 7.62. The van der Waals surface area contributed by atoms with Gasteiger partial charge in [0.2, 0.25) is 10.0 Å². The lowest BCUT2D eigenvalue weighted by molar-refractivity contribution is 0.605. The molecule has 1 aromatic rings. The van der Waals surface area contributed by atoms with E-state index in [2.05, 4.69) is 4.72 Å². The van der Waals surface area contributed by atoms with Crippen LogP contribution in [-0.4, -0.2) is 14.7 Å². The van der Waals surface area contributed by atoms with Crippen LogP contribution in [0.4, 0.5) is 10.1 Å². The largest absolute Gasteiger partial charge is 0.326 e. The van der Waals surface area contributed by atoms with Gasteiger partial charge >= 0.3 is 0 Å². The quantitative estimate of drug-likeness (QED) is 0.782. The first kappa shape index (κ1) is 10.9. The molecule has 0 fully saturated rings. The predicted octanol–water partition coefficient (Wildman–Crippen LogP) is 0.656. The topological polar surface area (TPSA) is 72.2 Å². The fourth-order valence-corrected chi connectivity index (χ4v) is 1.65. The van der Waals surface area contributed by atoms with E-state index in [1.165, 1.54) is 18.2 Å². The van der Waals surface area contributed by atoms with Crippen molar-refractivity contribution in [3.63, 3.8) is 0 Å². The molecule has 1 rings (SSSR count). The lowest BCUT2D eigenvalue weighted by Gasteiger charge is -2.09. The Morgan fingerprint density at radius 1 is 1.50 bits per heavy atom. The number of benzene rings is 1. The van der Waals surface area contributed by atoms with Gasteiger partial charge in [-0.1, -0.05) is 6.07 Å². The van der Waals surface area contributed by atoms with Gasteiger partial charge in [-0.2, -0.15) is 0 Å². The first-order valence-corrected chi connectivity index (χ1v) is 5.78. The molecule has 1 aromatic carbocycles. The fourth-order valence-electron chi connectivity index (χ4n) is 1.06. The minimum absolute atomic E-state index is 0.0511. The van der Waals surface area contributed by atoms with Crippen molar-refractivity contribution in [2.24, 2.45) is 5.73 Å². The van der Waals surface area contributed by atoms with Gasteiger partial charge in [0.1, 0.15) is 5.82 Å². The number of halogens is 1. The van der Waals surface area contributed by atoms with E-state index in [4.69, 9.17) is 5.73 Å². The van der Waals surface area contributed by atoms with Crippen molar-refractivity contribution in [1.82, 2.24) is 0 Å². The van der Waals surface area contributed by atoms with Crippen molar-refractivity contribution in [3.05, 3.63) is 29.6 Å². The van der Waals surface area contributed by atoms with E-state index >= 15 is 0 Å². The number of hydrogen-bond donors (Lipinski definition) is 2. The van der Waals surface area contributed by atoms with E-state index in [0.717, 1.165) is 6.26 Å². The highest BCUT2D eigenvalue weighted by Gasteiger charge is 2.09. The molecule has 0 radical (unpaired) electrons. The van der Waals surface area contributed by atoms with E-state index < -0.39 is 15.8 Å². The van der Waals surface area contributed by atoms with E-state index in [0.29, 0.717) is 0 Å². The SMILES string of the molecule is CS(=O)(=O)Nc1cccc(F)c1CN. The molecule has 6 heteroatoms. The van der Waals surface area contributed by atoms with E-state index in [-0.39, 0.29) is 17.8 Å². The molecule has 0 bridgehead atoms. The number of hydrogen-bond acceptors (Lipinski definition) is 3. The second-order valence-corrected chi connectivity index (χ2v) is 4.59. The summed E-state index contributed by atoms with van der Waals surface area (Å²) in [5.74, 6) is -0.513. The second-order valence-electron chi connectivity index (χ2n) is 2.84. The summed E-state index contributed by atoms with van der Waals surface area (Å²) in [4.78, 5) is 0. The molecule has 0 saturated heterocycles. The third kappa shape index (κ3) is 2.68. The van der Waals surface area contributed by atoms with Gasteiger partial charge in [-0.15, -0.1) is 0 Å². The number of nitrogens with one attached hydrogen (secondary N) is 1. The summed E-state index contributed by atoms with van der Waals surface area (Å²) in [6, 6.07) is 4.12. The van der Waals surface area contributed by atoms with Crippen LogP contribution in [0.1, 0.15) is 5.56 Å². The molecule has 0 atom stereocenters. The van der Waals surface area contributed by atoms with E-state index in [1.54, 1.807) is 0 Å². The minimum atomic E-state index is -3.40. The fraction of sp³-hybridized carbons (Fsp3) is 0.250. The summed E-state index contributed by atoms with van der Waals surface area (Å²) < 4.78 is 37.1. The molecular weight excluding hydrogens is 207 g/mol. The molecule has 0 aliphatic rings. The molecule has 4 nitrogen and oxygen atoms in total. The van der Waals surface area contributed by atoms with Crippen LogP contribution in [-0.2, 0) is 16.6 Å². The third-order valence-corrected chi connectivity index (χ3v) is 2.21. The van der Waals surface area contributed by atoms with E-state index in [9.17, 15) is 12.8 Å². The molecule has 0 unspecified atom stereocenters. The van der Waals surface area contributed by atoms with Crippen molar-refractivity contribution in [2.75, 3.05) is 11.0 Å². The van der Waals surface area contributed by atoms with Crippen LogP contribution >= 0.6 is 0 Å². The van der Waals surface area contributed by atoms with Gasteiger partial charge in [0.25, 0.3) is 0 Å². The van der Waals surface area contributed by atoms with E-state index in [1.807, 2.05) is 0 Å². The Labute approximate surface area is 82.0 Å². The summed E-state index contributed by atoms with van der Waals surface area (Å²) in [6.07, 6.45) is 0.998. The van der Waals surface area contributed by atoms with Crippen molar-refractivity contribution >= 4 is 15.7 Å². The molecule has 0 heterocycles. The van der Waals surface area contributed by atoms with Crippen molar-refractivity contribution in [2.45, 2.75) is 6.54 Å². The highest BCUT2D eigenvalue weighted by atomic mass is 32.2. The highest BCUT2D eigenvalue weighted by Crippen LogP contribution is 2.18. The summed E-state index contributed by atoms with van der Waals surface area (Å²) in [5.41, 5.74) is 5.65. The Balaban J connectivity index is 3.15. The maximum atomic E-state index is 13.1. The zero-order valence-corrected chi connectivity index (χ0v) is 8.44. The van der Waals surface area contributed by atoms with Crippen molar-refractivity contribution < 1.29 is 12.8 Å². The Kier molecular flexibility index (Phi) is 3.07. The molecule has 14 heavy (non-hydrogen) atoms. The van der Waals surface area contributed by atoms with Gasteiger partial charge in [0.15, 0.2) is 0 Å². The van der Waals surface area contributed by atoms with Crippen LogP contribution in [0.25, 0.3) is 0 Å². The Morgan fingerprint density at radius 3 is 2.64 bits per heavy atom. The first-order chi connectivity index (χ1) is 6.44. The monoisotopic (exact) mass is 218 g/mol. The molecule has 0 saturated carbocycles. The zero-order chi connectivity index (χ0) is 10.8. The molecule has 78 valence electrons. The normalized spacial score (nSPS) is 11.4. The molecule has 3 N–H and O–H groups in total. The Hall–Kier alpha value is -1.14. The van der Waals surface area contributed by atoms with Gasteiger partial charge in [-0.3, -0.25) is 4.72 Å². The van der Waals surface area contributed by atoms with Gasteiger partial charge in [0, 0.05) is 12.1 Å². The van der Waals surface area contributed by atoms with Gasteiger partial charge < -0.3 is 5.73 Å². The van der Waals surface area contributed by atoms with Crippen molar-refractivity contribution in [1.29, 1.82) is 0 Å². The van der Waals surface area contributed by atoms with Crippen LogP contribution < -0.4 is 10.5 Å². The maximum absolute atomic E-state index is 13.1. The van der Waals surface area contributed by atoms with Gasteiger partial charge in [-0.25, -0.2) is 12.8 Å². The Morgan fingerprint density at radius 2 is 2.14 bits per heavy atom. The number of anilines is 1. The molecule has 0 aliphatic carbocycles. The summed E-state index contributed by atoms with van der Waals surface area (Å²) in [6.45, 7) is -0.0511. The lowest BCUT2D eigenvalue weighted by Crippen LogP contribution is -2.13. The standard InChI is InChI=1S/C8H11FN2O2S/c1-14(12,13)11-8-4-2-3-7(9)6(8)5-10/h2-4,11H,5,10H2,1H3. The first-order valence-electron chi connectivity index (χ1n) is 3.89. The minimum Gasteiger partial charge on any atom is -0.326 e. The molecule has 0 spiro atoms.